The van der Waals surface area contributed by atoms with Crippen LogP contribution in [0.15, 0.2) is 36.4 Å². The number of hydrogen-bond donors (Lipinski definition) is 0. The highest BCUT2D eigenvalue weighted by molar-refractivity contribution is 5.49. The van der Waals surface area contributed by atoms with Crippen molar-refractivity contribution in [2.45, 2.75) is 25.5 Å². The van der Waals surface area contributed by atoms with Gasteiger partial charge >= 0.3 is 0 Å². The van der Waals surface area contributed by atoms with Crippen LogP contribution in [0.25, 0.3) is 0 Å². The minimum atomic E-state index is 0.0362. The van der Waals surface area contributed by atoms with Crippen molar-refractivity contribution in [3.63, 3.8) is 0 Å². The third-order valence-corrected chi connectivity index (χ3v) is 5.32. The highest BCUT2D eigenvalue weighted by Gasteiger charge is 2.30. The summed E-state index contributed by atoms with van der Waals surface area (Å²) in [6.45, 7) is 4.65. The van der Waals surface area contributed by atoms with Gasteiger partial charge in [-0.1, -0.05) is 12.1 Å². The summed E-state index contributed by atoms with van der Waals surface area (Å²) in [6, 6.07) is 12.4. The molecular weight excluding hydrogens is 330 g/mol. The Labute approximate surface area is 154 Å². The molecule has 0 saturated heterocycles. The Morgan fingerprint density at radius 1 is 1.08 bits per heavy atom. The molecule has 2 atom stereocenters. The van der Waals surface area contributed by atoms with Crippen LogP contribution in [0.4, 0.5) is 0 Å². The zero-order chi connectivity index (χ0) is 18.1. The lowest BCUT2D eigenvalue weighted by atomic mass is 9.92. The maximum Gasteiger partial charge on any atom is 0.161 e. The molecule has 5 heteroatoms. The fourth-order valence-electron chi connectivity index (χ4n) is 3.86. The van der Waals surface area contributed by atoms with E-state index in [0.29, 0.717) is 12.6 Å². The Morgan fingerprint density at radius 3 is 2.58 bits per heavy atom. The largest absolute Gasteiger partial charge is 0.493 e. The first-order valence-corrected chi connectivity index (χ1v) is 9.07. The number of nitrogens with zero attached hydrogens (tertiary/aromatic N) is 1. The van der Waals surface area contributed by atoms with E-state index in [-0.39, 0.29) is 6.10 Å². The van der Waals surface area contributed by atoms with Gasteiger partial charge in [0.15, 0.2) is 23.0 Å². The van der Waals surface area contributed by atoms with E-state index in [2.05, 4.69) is 24.0 Å². The highest BCUT2D eigenvalue weighted by atomic mass is 16.6. The van der Waals surface area contributed by atoms with Crippen LogP contribution in [-0.4, -0.2) is 44.9 Å². The second-order valence-electron chi connectivity index (χ2n) is 6.82. The normalized spacial score (nSPS) is 21.8. The second kappa shape index (κ2) is 7.08. The quantitative estimate of drug-likeness (QED) is 0.840. The summed E-state index contributed by atoms with van der Waals surface area (Å²) in [5.74, 6) is 3.25. The van der Waals surface area contributed by atoms with Crippen LogP contribution >= 0.6 is 0 Å². The smallest absolute Gasteiger partial charge is 0.161 e. The van der Waals surface area contributed by atoms with E-state index < -0.39 is 0 Å². The lowest BCUT2D eigenvalue weighted by molar-refractivity contribution is 0.0447. The third kappa shape index (κ3) is 3.07. The first-order chi connectivity index (χ1) is 12.7. The van der Waals surface area contributed by atoms with Gasteiger partial charge in [0.2, 0.25) is 0 Å². The van der Waals surface area contributed by atoms with Crippen molar-refractivity contribution in [2.24, 2.45) is 0 Å². The van der Waals surface area contributed by atoms with Crippen molar-refractivity contribution in [3.8, 4) is 23.0 Å². The molecule has 4 rings (SSSR count). The summed E-state index contributed by atoms with van der Waals surface area (Å²) >= 11 is 0. The Morgan fingerprint density at radius 2 is 1.81 bits per heavy atom. The van der Waals surface area contributed by atoms with E-state index in [9.17, 15) is 0 Å². The first kappa shape index (κ1) is 17.0. The maximum absolute atomic E-state index is 6.14. The molecule has 0 fully saturated rings. The predicted molar refractivity (Wildman–Crippen MR) is 99.6 cm³/mol. The molecule has 0 saturated carbocycles. The lowest BCUT2D eigenvalue weighted by Crippen LogP contribution is -2.44. The summed E-state index contributed by atoms with van der Waals surface area (Å²) in [7, 11) is 3.36. The average molecular weight is 355 g/mol. The number of ether oxygens (including phenoxy) is 4. The Hall–Kier alpha value is -2.40. The van der Waals surface area contributed by atoms with E-state index in [1.807, 2.05) is 24.3 Å². The topological polar surface area (TPSA) is 40.2 Å². The van der Waals surface area contributed by atoms with Crippen molar-refractivity contribution < 1.29 is 18.9 Å². The molecular formula is C21H25NO4. The number of benzene rings is 2. The van der Waals surface area contributed by atoms with Gasteiger partial charge in [0.25, 0.3) is 0 Å². The van der Waals surface area contributed by atoms with Gasteiger partial charge in [-0.3, -0.25) is 4.90 Å². The molecule has 0 spiro atoms. The molecule has 2 heterocycles. The highest BCUT2D eigenvalue weighted by Crippen LogP contribution is 2.38. The Balaban J connectivity index is 1.50. The van der Waals surface area contributed by atoms with Gasteiger partial charge in [-0.25, -0.2) is 0 Å². The molecule has 5 nitrogen and oxygen atoms in total. The minimum Gasteiger partial charge on any atom is -0.493 e. The Bertz CT molecular complexity index is 792. The van der Waals surface area contributed by atoms with Crippen LogP contribution in [0.5, 0.6) is 23.0 Å². The summed E-state index contributed by atoms with van der Waals surface area (Å²) in [4.78, 5) is 2.45. The third-order valence-electron chi connectivity index (χ3n) is 5.32. The monoisotopic (exact) mass is 355 g/mol. The van der Waals surface area contributed by atoms with Gasteiger partial charge < -0.3 is 18.9 Å². The maximum atomic E-state index is 6.14. The van der Waals surface area contributed by atoms with Gasteiger partial charge in [-0.15, -0.1) is 0 Å². The molecule has 0 aliphatic carbocycles. The molecule has 0 radical (unpaired) electrons. The van der Waals surface area contributed by atoms with Crippen LogP contribution in [0, 0.1) is 0 Å². The average Bonchev–Trinajstić information content (AvgIpc) is 2.69. The van der Waals surface area contributed by atoms with Crippen molar-refractivity contribution in [2.75, 3.05) is 33.9 Å². The number of hydrogen-bond acceptors (Lipinski definition) is 5. The van der Waals surface area contributed by atoms with Crippen LogP contribution in [-0.2, 0) is 6.42 Å². The SMILES string of the molecule is COc1cc2c(cc1OC)[C@@H](C)N(C[C@H]1COc3ccccc3O1)CC2. The van der Waals surface area contributed by atoms with Gasteiger partial charge in [-0.05, 0) is 48.7 Å². The number of methoxy groups -OCH3 is 2. The molecule has 0 bridgehead atoms. The van der Waals surface area contributed by atoms with Crippen LogP contribution < -0.4 is 18.9 Å². The lowest BCUT2D eigenvalue weighted by Gasteiger charge is -2.38. The summed E-state index contributed by atoms with van der Waals surface area (Å²) in [5, 5.41) is 0. The molecule has 2 aromatic rings. The fraction of sp³-hybridized carbons (Fsp3) is 0.429. The van der Waals surface area contributed by atoms with Gasteiger partial charge in [0.05, 0.1) is 14.2 Å². The number of rotatable bonds is 4. The molecule has 26 heavy (non-hydrogen) atoms. The zero-order valence-electron chi connectivity index (χ0n) is 15.5. The first-order valence-electron chi connectivity index (χ1n) is 9.07. The standard InChI is InChI=1S/C21H25NO4/c1-14-17-11-21(24-3)20(23-2)10-15(17)8-9-22(14)12-16-13-25-18-6-4-5-7-19(18)26-16/h4-7,10-11,14,16H,8-9,12-13H2,1-3H3/t14-,16+/m1/s1. The van der Waals surface area contributed by atoms with Crippen molar-refractivity contribution >= 4 is 0 Å². The molecule has 0 unspecified atom stereocenters. The van der Waals surface area contributed by atoms with Gasteiger partial charge in [-0.2, -0.15) is 0 Å². The fourth-order valence-corrected chi connectivity index (χ4v) is 3.86. The van der Waals surface area contributed by atoms with Crippen LogP contribution in [0.2, 0.25) is 0 Å². The van der Waals surface area contributed by atoms with E-state index in [1.165, 1.54) is 11.1 Å². The van der Waals surface area contributed by atoms with E-state index in [1.54, 1.807) is 14.2 Å². The molecule has 2 aliphatic rings. The Kier molecular flexibility index (Phi) is 4.64. The van der Waals surface area contributed by atoms with Crippen molar-refractivity contribution in [1.82, 2.24) is 4.90 Å². The van der Waals surface area contributed by atoms with E-state index in [0.717, 1.165) is 42.5 Å². The second-order valence-corrected chi connectivity index (χ2v) is 6.82. The van der Waals surface area contributed by atoms with Crippen molar-refractivity contribution in [1.29, 1.82) is 0 Å². The molecule has 2 aliphatic heterocycles. The summed E-state index contributed by atoms with van der Waals surface area (Å²) < 4.78 is 22.9. The van der Waals surface area contributed by atoms with Gasteiger partial charge in [0, 0.05) is 19.1 Å². The molecule has 0 N–H and O–H groups in total. The number of fused-ring (bicyclic) bond motifs is 2. The number of para-hydroxylation sites is 2. The van der Waals surface area contributed by atoms with Gasteiger partial charge in [0.1, 0.15) is 12.7 Å². The molecule has 0 amide bonds. The van der Waals surface area contributed by atoms with E-state index >= 15 is 0 Å². The van der Waals surface area contributed by atoms with Crippen molar-refractivity contribution in [3.05, 3.63) is 47.5 Å². The van der Waals surface area contributed by atoms with E-state index in [4.69, 9.17) is 18.9 Å². The molecule has 2 aromatic carbocycles. The molecule has 0 aromatic heterocycles. The van der Waals surface area contributed by atoms with Crippen LogP contribution in [0.1, 0.15) is 24.1 Å². The predicted octanol–water partition coefficient (Wildman–Crippen LogP) is 3.46. The molecule has 138 valence electrons. The summed E-state index contributed by atoms with van der Waals surface area (Å²) in [6.07, 6.45) is 1.03. The summed E-state index contributed by atoms with van der Waals surface area (Å²) in [5.41, 5.74) is 2.63. The zero-order valence-corrected chi connectivity index (χ0v) is 15.5. The van der Waals surface area contributed by atoms with Crippen LogP contribution in [0.3, 0.4) is 0 Å². The minimum absolute atomic E-state index is 0.0362.